The number of benzene rings is 2. The van der Waals surface area contributed by atoms with Gasteiger partial charge < -0.3 is 15.0 Å². The van der Waals surface area contributed by atoms with Gasteiger partial charge in [-0.25, -0.2) is 0 Å². The van der Waals surface area contributed by atoms with E-state index >= 15 is 0 Å². The maximum absolute atomic E-state index is 13.0. The first-order valence-corrected chi connectivity index (χ1v) is 15.6. The number of piperidine rings is 1. The van der Waals surface area contributed by atoms with Gasteiger partial charge in [-0.15, -0.1) is 0 Å². The van der Waals surface area contributed by atoms with Gasteiger partial charge in [0.05, 0.1) is 17.7 Å². The lowest BCUT2D eigenvalue weighted by atomic mass is 9.91. The SMILES string of the molecule is Cc1c(C#N)ccc(OC2CCC(NC(=O)c3ccc(N4CCC(CCc5ccc(Br)cn5)CC4)cc3)CC2)c1C. The molecule has 1 saturated carbocycles. The van der Waals surface area contributed by atoms with Gasteiger partial charge in [-0.2, -0.15) is 5.26 Å². The smallest absolute Gasteiger partial charge is 0.251 e. The molecule has 1 amide bonds. The average molecular weight is 616 g/mol. The maximum Gasteiger partial charge on any atom is 0.251 e. The third kappa shape index (κ3) is 7.48. The van der Waals surface area contributed by atoms with Gasteiger partial charge in [-0.1, -0.05) is 0 Å². The Morgan fingerprint density at radius 1 is 1.00 bits per heavy atom. The number of amides is 1. The van der Waals surface area contributed by atoms with Crippen molar-refractivity contribution in [2.75, 3.05) is 18.0 Å². The lowest BCUT2D eigenvalue weighted by Gasteiger charge is -2.33. The fraction of sp³-hybridized carbons (Fsp3) is 0.441. The Labute approximate surface area is 252 Å². The van der Waals surface area contributed by atoms with Gasteiger partial charge in [0.15, 0.2) is 0 Å². The van der Waals surface area contributed by atoms with Crippen molar-refractivity contribution in [1.82, 2.24) is 10.3 Å². The topological polar surface area (TPSA) is 78.2 Å². The van der Waals surface area contributed by atoms with E-state index in [2.05, 4.69) is 61.5 Å². The standard InChI is InChI=1S/C34H39BrN4O2/c1-23-24(2)33(16-6-27(23)21-36)41-32-14-10-30(11-15-32)38-34(40)26-4-12-31(13-5-26)39-19-17-25(18-20-39)3-8-29-9-7-28(35)22-37-29/h4-7,9,12-13,16,22,25,30,32H,3,8,10-11,14-15,17-20H2,1-2H3,(H,38,40). The molecule has 214 valence electrons. The minimum Gasteiger partial charge on any atom is -0.490 e. The molecule has 1 saturated heterocycles. The Hall–Kier alpha value is -3.37. The van der Waals surface area contributed by atoms with E-state index in [9.17, 15) is 10.1 Å². The van der Waals surface area contributed by atoms with E-state index in [0.717, 1.165) is 72.5 Å². The minimum atomic E-state index is -0.000241. The number of hydrogen-bond acceptors (Lipinski definition) is 5. The molecule has 0 atom stereocenters. The van der Waals surface area contributed by atoms with Gasteiger partial charge in [-0.3, -0.25) is 9.78 Å². The molecule has 6 nitrogen and oxygen atoms in total. The second kappa shape index (κ2) is 13.5. The summed E-state index contributed by atoms with van der Waals surface area (Å²) in [5.41, 5.74) is 5.78. The summed E-state index contributed by atoms with van der Waals surface area (Å²) >= 11 is 3.45. The van der Waals surface area contributed by atoms with E-state index in [4.69, 9.17) is 4.74 Å². The fourth-order valence-electron chi connectivity index (χ4n) is 6.03. The molecule has 2 heterocycles. The number of nitrogens with zero attached hydrogens (tertiary/aromatic N) is 3. The largest absolute Gasteiger partial charge is 0.490 e. The summed E-state index contributed by atoms with van der Waals surface area (Å²) in [5, 5.41) is 12.5. The monoisotopic (exact) mass is 614 g/mol. The number of rotatable bonds is 8. The number of ether oxygens (including phenoxy) is 1. The van der Waals surface area contributed by atoms with Crippen LogP contribution in [0.15, 0.2) is 59.2 Å². The summed E-state index contributed by atoms with van der Waals surface area (Å²) in [6, 6.07) is 18.4. The summed E-state index contributed by atoms with van der Waals surface area (Å²) in [4.78, 5) is 19.9. The van der Waals surface area contributed by atoms with Crippen molar-refractivity contribution in [2.45, 2.75) is 77.4 Å². The van der Waals surface area contributed by atoms with Crippen molar-refractivity contribution in [3.05, 3.63) is 87.1 Å². The van der Waals surface area contributed by atoms with E-state index in [1.807, 2.05) is 44.3 Å². The molecule has 5 rings (SSSR count). The van der Waals surface area contributed by atoms with Gasteiger partial charge in [-0.05, 0) is 147 Å². The summed E-state index contributed by atoms with van der Waals surface area (Å²) in [6.07, 6.45) is 10.2. The quantitative estimate of drug-likeness (QED) is 0.288. The van der Waals surface area contributed by atoms with Crippen molar-refractivity contribution in [3.8, 4) is 11.8 Å². The second-order valence-corrected chi connectivity index (χ2v) is 12.4. The van der Waals surface area contributed by atoms with Crippen LogP contribution in [0, 0.1) is 31.1 Å². The van der Waals surface area contributed by atoms with Crippen LogP contribution in [0.1, 0.15) is 77.7 Å². The third-order valence-corrected chi connectivity index (χ3v) is 9.34. The second-order valence-electron chi connectivity index (χ2n) is 11.5. The van der Waals surface area contributed by atoms with Crippen LogP contribution < -0.4 is 15.0 Å². The Bertz CT molecular complexity index is 1370. The molecule has 1 aliphatic carbocycles. The predicted octanol–water partition coefficient (Wildman–Crippen LogP) is 7.30. The molecule has 2 aromatic carbocycles. The van der Waals surface area contributed by atoms with Crippen LogP contribution in [-0.2, 0) is 6.42 Å². The zero-order chi connectivity index (χ0) is 28.8. The Morgan fingerprint density at radius 2 is 1.73 bits per heavy atom. The zero-order valence-electron chi connectivity index (χ0n) is 24.0. The van der Waals surface area contributed by atoms with Crippen LogP contribution in [0.5, 0.6) is 5.75 Å². The van der Waals surface area contributed by atoms with Crippen molar-refractivity contribution < 1.29 is 9.53 Å². The number of anilines is 1. The number of aryl methyl sites for hydroxylation is 1. The molecule has 1 N–H and O–H groups in total. The molecular weight excluding hydrogens is 576 g/mol. The van der Waals surface area contributed by atoms with Crippen LogP contribution in [0.4, 0.5) is 5.69 Å². The number of nitriles is 1. The number of nitrogens with one attached hydrogen (secondary N) is 1. The molecule has 2 fully saturated rings. The first-order valence-electron chi connectivity index (χ1n) is 14.8. The molecular formula is C34H39BrN4O2. The Kier molecular flexibility index (Phi) is 9.61. The van der Waals surface area contributed by atoms with Gasteiger partial charge in [0.2, 0.25) is 0 Å². The average Bonchev–Trinajstić information content (AvgIpc) is 3.00. The number of aromatic nitrogens is 1. The molecule has 2 aliphatic rings. The van der Waals surface area contributed by atoms with Gasteiger partial charge in [0.25, 0.3) is 5.91 Å². The van der Waals surface area contributed by atoms with E-state index in [1.54, 1.807) is 0 Å². The fourth-order valence-corrected chi connectivity index (χ4v) is 6.26. The van der Waals surface area contributed by atoms with Crippen LogP contribution >= 0.6 is 15.9 Å². The van der Waals surface area contributed by atoms with Crippen molar-refractivity contribution in [1.29, 1.82) is 5.26 Å². The lowest BCUT2D eigenvalue weighted by molar-refractivity contribution is 0.0893. The summed E-state index contributed by atoms with van der Waals surface area (Å²) in [5.74, 6) is 1.59. The van der Waals surface area contributed by atoms with E-state index in [-0.39, 0.29) is 18.1 Å². The van der Waals surface area contributed by atoms with Gasteiger partial charge in [0, 0.05) is 46.7 Å². The van der Waals surface area contributed by atoms with Crippen LogP contribution in [0.2, 0.25) is 0 Å². The molecule has 41 heavy (non-hydrogen) atoms. The Morgan fingerprint density at radius 3 is 2.39 bits per heavy atom. The molecule has 0 unspecified atom stereocenters. The third-order valence-electron chi connectivity index (χ3n) is 8.87. The highest BCUT2D eigenvalue weighted by Gasteiger charge is 2.25. The highest BCUT2D eigenvalue weighted by molar-refractivity contribution is 9.10. The normalized spacial score (nSPS) is 19.4. The zero-order valence-corrected chi connectivity index (χ0v) is 25.6. The number of halogens is 1. The molecule has 3 aromatic rings. The summed E-state index contributed by atoms with van der Waals surface area (Å²) in [7, 11) is 0. The highest BCUT2D eigenvalue weighted by atomic mass is 79.9. The number of carbonyl (C=O) groups excluding carboxylic acids is 1. The molecule has 0 bridgehead atoms. The van der Waals surface area contributed by atoms with Crippen molar-refractivity contribution >= 4 is 27.5 Å². The van der Waals surface area contributed by atoms with Gasteiger partial charge >= 0.3 is 0 Å². The van der Waals surface area contributed by atoms with Gasteiger partial charge in [0.1, 0.15) is 5.75 Å². The predicted molar refractivity (Wildman–Crippen MR) is 166 cm³/mol. The van der Waals surface area contributed by atoms with Crippen molar-refractivity contribution in [3.63, 3.8) is 0 Å². The van der Waals surface area contributed by atoms with Crippen LogP contribution in [0.3, 0.4) is 0 Å². The lowest BCUT2D eigenvalue weighted by Crippen LogP contribution is -2.39. The molecule has 1 aromatic heterocycles. The number of carbonyl (C=O) groups is 1. The van der Waals surface area contributed by atoms with E-state index in [0.29, 0.717) is 11.1 Å². The number of pyridine rings is 1. The molecule has 7 heteroatoms. The van der Waals surface area contributed by atoms with E-state index < -0.39 is 0 Å². The minimum absolute atomic E-state index is 0.000241. The van der Waals surface area contributed by atoms with Crippen molar-refractivity contribution in [2.24, 2.45) is 5.92 Å². The molecule has 1 aliphatic heterocycles. The van der Waals surface area contributed by atoms with Crippen LogP contribution in [-0.4, -0.2) is 36.1 Å². The molecule has 0 radical (unpaired) electrons. The first-order chi connectivity index (χ1) is 19.9. The summed E-state index contributed by atoms with van der Waals surface area (Å²) in [6.45, 7) is 6.08. The Balaban J connectivity index is 1.04. The first kappa shape index (κ1) is 29.1. The number of hydrogen-bond donors (Lipinski definition) is 1. The van der Waals surface area contributed by atoms with E-state index in [1.165, 1.54) is 30.6 Å². The summed E-state index contributed by atoms with van der Waals surface area (Å²) < 4.78 is 7.31. The van der Waals surface area contributed by atoms with Crippen LogP contribution in [0.25, 0.3) is 0 Å². The maximum atomic E-state index is 13.0. The molecule has 0 spiro atoms. The highest BCUT2D eigenvalue weighted by Crippen LogP contribution is 2.30.